The molecule has 9 heteroatoms. The van der Waals surface area contributed by atoms with E-state index in [2.05, 4.69) is 65.9 Å². The van der Waals surface area contributed by atoms with E-state index in [-0.39, 0.29) is 12.3 Å². The molecule has 1 aliphatic heterocycles. The highest BCUT2D eigenvalue weighted by Crippen LogP contribution is 2.36. The van der Waals surface area contributed by atoms with Crippen molar-refractivity contribution in [1.29, 1.82) is 0 Å². The number of ether oxygens (including phenoxy) is 1. The molecule has 0 radical (unpaired) electrons. The van der Waals surface area contributed by atoms with Gasteiger partial charge in [0.2, 0.25) is 0 Å². The minimum atomic E-state index is -0.410. The summed E-state index contributed by atoms with van der Waals surface area (Å²) >= 11 is 13.0. The van der Waals surface area contributed by atoms with Gasteiger partial charge in [-0.25, -0.2) is 0 Å². The van der Waals surface area contributed by atoms with Crippen molar-refractivity contribution in [1.82, 2.24) is 9.80 Å². The summed E-state index contributed by atoms with van der Waals surface area (Å²) in [6.07, 6.45) is 0. The van der Waals surface area contributed by atoms with Gasteiger partial charge in [-0.2, -0.15) is 0 Å². The lowest BCUT2D eigenvalue weighted by Crippen LogP contribution is -2.48. The van der Waals surface area contributed by atoms with E-state index >= 15 is 0 Å². The van der Waals surface area contributed by atoms with Crippen LogP contribution in [-0.2, 0) is 13.2 Å². The van der Waals surface area contributed by atoms with Gasteiger partial charge in [-0.1, -0.05) is 54.7 Å². The van der Waals surface area contributed by atoms with Crippen molar-refractivity contribution in [3.63, 3.8) is 0 Å². The molecule has 4 rings (SSSR count). The van der Waals surface area contributed by atoms with Gasteiger partial charge >= 0.3 is 0 Å². The Morgan fingerprint density at radius 2 is 1.59 bits per heavy atom. The van der Waals surface area contributed by atoms with E-state index in [9.17, 15) is 10.1 Å². The van der Waals surface area contributed by atoms with Gasteiger partial charge in [0.05, 0.1) is 13.9 Å². The summed E-state index contributed by atoms with van der Waals surface area (Å²) in [4.78, 5) is 16.1. The van der Waals surface area contributed by atoms with Crippen molar-refractivity contribution in [3.8, 4) is 5.75 Å². The van der Waals surface area contributed by atoms with Crippen LogP contribution in [-0.4, -0.2) is 45.9 Å². The number of benzene rings is 3. The maximum absolute atomic E-state index is 11.0. The zero-order valence-corrected chi connectivity index (χ0v) is 22.3. The SMILES string of the molecule is O=[N+]([O-])c1cccc(COc2c(Br)cc(C(=S)N3CCN(Cc4ccccc4)CC3)cc2Br)c1. The molecule has 6 nitrogen and oxygen atoms in total. The second-order valence-corrected chi connectivity index (χ2v) is 10.1. The maximum atomic E-state index is 11.0. The molecular weight excluding hydrogens is 582 g/mol. The molecule has 34 heavy (non-hydrogen) atoms. The Labute approximate surface area is 220 Å². The molecule has 0 N–H and O–H groups in total. The Morgan fingerprint density at radius 1 is 0.941 bits per heavy atom. The van der Waals surface area contributed by atoms with Gasteiger partial charge in [0.15, 0.2) is 0 Å². The highest BCUT2D eigenvalue weighted by atomic mass is 79.9. The number of halogens is 2. The van der Waals surface area contributed by atoms with Crippen LogP contribution in [0.2, 0.25) is 0 Å². The van der Waals surface area contributed by atoms with Gasteiger partial charge in [-0.05, 0) is 55.1 Å². The molecule has 0 unspecified atom stereocenters. The second kappa shape index (κ2) is 11.4. The van der Waals surface area contributed by atoms with E-state index < -0.39 is 4.92 Å². The summed E-state index contributed by atoms with van der Waals surface area (Å²) in [6, 6.07) is 20.9. The Bertz CT molecular complexity index is 1160. The molecule has 3 aromatic rings. The van der Waals surface area contributed by atoms with Crippen LogP contribution in [0.15, 0.2) is 75.7 Å². The van der Waals surface area contributed by atoms with Crippen molar-refractivity contribution >= 4 is 54.8 Å². The van der Waals surface area contributed by atoms with Gasteiger partial charge in [0, 0.05) is 50.4 Å². The largest absolute Gasteiger partial charge is 0.487 e. The van der Waals surface area contributed by atoms with E-state index in [1.807, 2.05) is 18.2 Å². The molecule has 1 saturated heterocycles. The Balaban J connectivity index is 1.37. The summed E-state index contributed by atoms with van der Waals surface area (Å²) in [5.74, 6) is 0.630. The highest BCUT2D eigenvalue weighted by Gasteiger charge is 2.21. The molecule has 0 aromatic heterocycles. The predicted molar refractivity (Wildman–Crippen MR) is 144 cm³/mol. The standard InChI is InChI=1S/C25H23Br2N3O3S/c26-22-14-20(15-23(27)24(22)33-17-19-7-4-8-21(13-19)30(31)32)25(34)29-11-9-28(10-12-29)16-18-5-2-1-3-6-18/h1-8,13-15H,9-12,16-17H2. The van der Waals surface area contributed by atoms with E-state index in [0.717, 1.165) is 57.8 Å². The van der Waals surface area contributed by atoms with Crippen molar-refractivity contribution < 1.29 is 9.66 Å². The van der Waals surface area contributed by atoms with Crippen molar-refractivity contribution in [2.75, 3.05) is 26.2 Å². The minimum Gasteiger partial charge on any atom is -0.487 e. The monoisotopic (exact) mass is 603 g/mol. The third-order valence-electron chi connectivity index (χ3n) is 5.66. The molecule has 0 saturated carbocycles. The molecule has 0 amide bonds. The molecule has 3 aromatic carbocycles. The molecule has 1 fully saturated rings. The van der Waals surface area contributed by atoms with E-state index in [1.165, 1.54) is 17.7 Å². The highest BCUT2D eigenvalue weighted by molar-refractivity contribution is 9.11. The van der Waals surface area contributed by atoms with E-state index in [0.29, 0.717) is 5.75 Å². The smallest absolute Gasteiger partial charge is 0.269 e. The van der Waals surface area contributed by atoms with Crippen LogP contribution in [0.4, 0.5) is 5.69 Å². The first-order chi connectivity index (χ1) is 16.4. The van der Waals surface area contributed by atoms with Crippen molar-refractivity contribution in [3.05, 3.63) is 102 Å². The summed E-state index contributed by atoms with van der Waals surface area (Å²) in [5.41, 5.74) is 3.03. The zero-order chi connectivity index (χ0) is 24.1. The fourth-order valence-electron chi connectivity index (χ4n) is 3.87. The van der Waals surface area contributed by atoms with Gasteiger partial charge in [0.1, 0.15) is 17.3 Å². The lowest BCUT2D eigenvalue weighted by atomic mass is 10.1. The van der Waals surface area contributed by atoms with Gasteiger partial charge in [-0.15, -0.1) is 0 Å². The van der Waals surface area contributed by atoms with Crippen LogP contribution in [0.5, 0.6) is 5.75 Å². The summed E-state index contributed by atoms with van der Waals surface area (Å²) < 4.78 is 7.50. The number of piperazine rings is 1. The minimum absolute atomic E-state index is 0.0452. The fraction of sp³-hybridized carbons (Fsp3) is 0.240. The molecule has 1 heterocycles. The first kappa shape index (κ1) is 24.8. The predicted octanol–water partition coefficient (Wildman–Crippen LogP) is 6.19. The number of non-ortho nitro benzene ring substituents is 1. The third-order valence-corrected chi connectivity index (χ3v) is 7.33. The van der Waals surface area contributed by atoms with Crippen LogP contribution in [0.25, 0.3) is 0 Å². The number of nitro benzene ring substituents is 1. The van der Waals surface area contributed by atoms with Gasteiger partial charge in [0.25, 0.3) is 5.69 Å². The molecule has 0 aliphatic carbocycles. The van der Waals surface area contributed by atoms with Crippen LogP contribution in [0.3, 0.4) is 0 Å². The summed E-state index contributed by atoms with van der Waals surface area (Å²) in [7, 11) is 0. The molecule has 176 valence electrons. The van der Waals surface area contributed by atoms with Gasteiger partial charge < -0.3 is 9.64 Å². The van der Waals surface area contributed by atoms with Crippen LogP contribution < -0.4 is 4.74 Å². The second-order valence-electron chi connectivity index (χ2n) is 8.04. The zero-order valence-electron chi connectivity index (χ0n) is 18.3. The summed E-state index contributed by atoms with van der Waals surface area (Å²) in [6.45, 7) is 4.85. The Morgan fingerprint density at radius 3 is 2.24 bits per heavy atom. The lowest BCUT2D eigenvalue weighted by molar-refractivity contribution is -0.384. The van der Waals surface area contributed by atoms with Crippen LogP contribution in [0.1, 0.15) is 16.7 Å². The van der Waals surface area contributed by atoms with Crippen LogP contribution in [0, 0.1) is 10.1 Å². The molecule has 0 spiro atoms. The third kappa shape index (κ3) is 6.21. The van der Waals surface area contributed by atoms with Crippen molar-refractivity contribution in [2.45, 2.75) is 13.2 Å². The normalized spacial score (nSPS) is 14.1. The van der Waals surface area contributed by atoms with Crippen LogP contribution >= 0.6 is 44.1 Å². The topological polar surface area (TPSA) is 58.9 Å². The molecular formula is C25H23Br2N3O3S. The Kier molecular flexibility index (Phi) is 8.31. The first-order valence-corrected chi connectivity index (χ1v) is 12.8. The summed E-state index contributed by atoms with van der Waals surface area (Å²) in [5, 5.41) is 11.0. The number of thiocarbonyl (C=S) groups is 1. The quantitative estimate of drug-likeness (QED) is 0.182. The van der Waals surface area contributed by atoms with Crippen molar-refractivity contribution in [2.24, 2.45) is 0 Å². The molecule has 0 bridgehead atoms. The number of hydrogen-bond donors (Lipinski definition) is 0. The number of nitro groups is 1. The number of nitrogens with zero attached hydrogens (tertiary/aromatic N) is 3. The first-order valence-electron chi connectivity index (χ1n) is 10.8. The Hall–Kier alpha value is -2.33. The molecule has 0 atom stereocenters. The average molecular weight is 605 g/mol. The number of hydrogen-bond acceptors (Lipinski definition) is 5. The maximum Gasteiger partial charge on any atom is 0.269 e. The lowest BCUT2D eigenvalue weighted by Gasteiger charge is -2.36. The van der Waals surface area contributed by atoms with E-state index in [1.54, 1.807) is 12.1 Å². The molecule has 1 aliphatic rings. The average Bonchev–Trinajstić information content (AvgIpc) is 2.84. The number of rotatable bonds is 7. The van der Waals surface area contributed by atoms with E-state index in [4.69, 9.17) is 17.0 Å². The fourth-order valence-corrected chi connectivity index (χ4v) is 5.59. The van der Waals surface area contributed by atoms with Gasteiger partial charge in [-0.3, -0.25) is 15.0 Å².